The van der Waals surface area contributed by atoms with E-state index in [2.05, 4.69) is 6.58 Å². The molecule has 2 aliphatic heterocycles. The first kappa shape index (κ1) is 21.7. The molecule has 0 N–H and O–H groups in total. The Bertz CT molecular complexity index is 870. The Labute approximate surface area is 182 Å². The molecular weight excluding hydrogens is 396 g/mol. The van der Waals surface area contributed by atoms with E-state index >= 15 is 0 Å². The van der Waals surface area contributed by atoms with Crippen LogP contribution in [0.1, 0.15) is 24.5 Å². The van der Waals surface area contributed by atoms with Crippen molar-refractivity contribution in [3.05, 3.63) is 84.4 Å². The molecule has 2 heterocycles. The van der Waals surface area contributed by atoms with Gasteiger partial charge in [-0.3, -0.25) is 0 Å². The lowest BCUT2D eigenvalue weighted by molar-refractivity contribution is -0.351. The number of carbonyl (C=O) groups excluding carboxylic acids is 1. The lowest BCUT2D eigenvalue weighted by Gasteiger charge is -2.51. The predicted molar refractivity (Wildman–Crippen MR) is 114 cm³/mol. The van der Waals surface area contributed by atoms with Crippen LogP contribution in [0.2, 0.25) is 0 Å². The summed E-state index contributed by atoms with van der Waals surface area (Å²) in [5, 5.41) is 0. The first-order chi connectivity index (χ1) is 15.1. The monoisotopic (exact) mass is 424 g/mol. The van der Waals surface area contributed by atoms with Crippen LogP contribution in [0.4, 0.5) is 0 Å². The zero-order valence-corrected chi connectivity index (χ0v) is 17.6. The summed E-state index contributed by atoms with van der Waals surface area (Å²) in [6, 6.07) is 19.7. The van der Waals surface area contributed by atoms with Crippen molar-refractivity contribution in [1.29, 1.82) is 0 Å². The maximum absolute atomic E-state index is 12.3. The van der Waals surface area contributed by atoms with Crippen molar-refractivity contribution in [3.8, 4) is 0 Å². The molecule has 6 nitrogen and oxygen atoms in total. The Morgan fingerprint density at radius 3 is 2.35 bits per heavy atom. The summed E-state index contributed by atoms with van der Waals surface area (Å²) in [5.74, 6) is -0.404. The number of carbonyl (C=O) groups is 1. The molecule has 0 amide bonds. The Kier molecular flexibility index (Phi) is 6.83. The lowest BCUT2D eigenvalue weighted by atomic mass is 9.89. The van der Waals surface area contributed by atoms with Gasteiger partial charge in [-0.25, -0.2) is 4.79 Å². The number of fused-ring (bicyclic) bond motifs is 1. The topological polar surface area (TPSA) is 63.2 Å². The Balaban J connectivity index is 1.55. The average molecular weight is 424 g/mol. The van der Waals surface area contributed by atoms with E-state index in [1.807, 2.05) is 67.6 Å². The maximum Gasteiger partial charge on any atom is 0.336 e. The highest BCUT2D eigenvalue weighted by Crippen LogP contribution is 2.38. The molecule has 0 radical (unpaired) electrons. The normalized spacial score (nSPS) is 30.3. The van der Waals surface area contributed by atoms with E-state index in [1.165, 1.54) is 0 Å². The molecule has 2 aliphatic rings. The minimum Gasteiger partial charge on any atom is -0.455 e. The molecular formula is C25H28O6. The lowest BCUT2D eigenvalue weighted by Crippen LogP contribution is -2.68. The summed E-state index contributed by atoms with van der Waals surface area (Å²) in [6.45, 7) is 6.50. The third kappa shape index (κ3) is 4.88. The van der Waals surface area contributed by atoms with E-state index in [1.54, 1.807) is 6.08 Å². The fourth-order valence-corrected chi connectivity index (χ4v) is 3.94. The van der Waals surface area contributed by atoms with Crippen molar-refractivity contribution in [3.63, 3.8) is 0 Å². The van der Waals surface area contributed by atoms with Gasteiger partial charge in [-0.15, -0.1) is 6.58 Å². The minimum absolute atomic E-state index is 0.182. The molecule has 0 saturated carbocycles. The summed E-state index contributed by atoms with van der Waals surface area (Å²) >= 11 is 0. The van der Waals surface area contributed by atoms with Crippen LogP contribution in [0.3, 0.4) is 0 Å². The van der Waals surface area contributed by atoms with Crippen molar-refractivity contribution in [2.75, 3.05) is 6.61 Å². The number of hydrogen-bond donors (Lipinski definition) is 0. The van der Waals surface area contributed by atoms with Crippen LogP contribution in [0, 0.1) is 0 Å². The van der Waals surface area contributed by atoms with Crippen LogP contribution >= 0.6 is 0 Å². The highest BCUT2D eigenvalue weighted by atomic mass is 16.7. The smallest absolute Gasteiger partial charge is 0.336 e. The molecule has 2 saturated heterocycles. The second-order valence-electron chi connectivity index (χ2n) is 7.97. The zero-order valence-electron chi connectivity index (χ0n) is 17.6. The van der Waals surface area contributed by atoms with Gasteiger partial charge in [-0.05, 0) is 18.1 Å². The van der Waals surface area contributed by atoms with E-state index in [-0.39, 0.29) is 6.61 Å². The molecule has 0 spiro atoms. The largest absolute Gasteiger partial charge is 0.455 e. The summed E-state index contributed by atoms with van der Waals surface area (Å²) in [7, 11) is 0. The van der Waals surface area contributed by atoms with Gasteiger partial charge in [0.2, 0.25) is 0 Å². The van der Waals surface area contributed by atoms with Gasteiger partial charge < -0.3 is 23.7 Å². The van der Waals surface area contributed by atoms with E-state index in [0.717, 1.165) is 11.1 Å². The van der Waals surface area contributed by atoms with Gasteiger partial charge >= 0.3 is 5.97 Å². The molecule has 2 aromatic rings. The molecule has 0 unspecified atom stereocenters. The highest BCUT2D eigenvalue weighted by molar-refractivity contribution is 5.76. The quantitative estimate of drug-likeness (QED) is 0.475. The van der Waals surface area contributed by atoms with Crippen LogP contribution in [-0.4, -0.2) is 42.8 Å². The SMILES string of the molecule is C=CC[C@@H]1O[C@@H]2[C@@H](CO[C@@H](OCc3ccccc3)[C@]2(C)OCc2ccccc2)OC1=O. The Morgan fingerprint density at radius 2 is 1.71 bits per heavy atom. The van der Waals surface area contributed by atoms with E-state index in [9.17, 15) is 4.79 Å². The van der Waals surface area contributed by atoms with E-state index in [4.69, 9.17) is 23.7 Å². The van der Waals surface area contributed by atoms with E-state index in [0.29, 0.717) is 19.6 Å². The van der Waals surface area contributed by atoms with E-state index < -0.39 is 36.2 Å². The molecule has 0 aromatic heterocycles. The maximum atomic E-state index is 12.3. The van der Waals surface area contributed by atoms with Gasteiger partial charge in [0, 0.05) is 6.42 Å². The standard InChI is InChI=1S/C25H28O6/c1-3-10-20-23(26)31-21-17-28-24(27-15-18-11-6-4-7-12-18)25(2,22(21)30-20)29-16-19-13-8-5-9-14-19/h3-9,11-14,20-22,24H,1,10,15-17H2,2H3/t20-,21+,22+,24+,25+/m0/s1. The van der Waals surface area contributed by atoms with Crippen molar-refractivity contribution in [1.82, 2.24) is 0 Å². The molecule has 5 atom stereocenters. The molecule has 2 fully saturated rings. The van der Waals surface area contributed by atoms with Crippen molar-refractivity contribution in [2.45, 2.75) is 56.8 Å². The first-order valence-electron chi connectivity index (χ1n) is 10.5. The van der Waals surface area contributed by atoms with Crippen LogP contribution in [-0.2, 0) is 41.7 Å². The minimum atomic E-state index is -0.992. The second-order valence-corrected chi connectivity index (χ2v) is 7.97. The van der Waals surface area contributed by atoms with Gasteiger partial charge in [0.25, 0.3) is 0 Å². The zero-order chi connectivity index (χ0) is 21.7. The first-order valence-corrected chi connectivity index (χ1v) is 10.5. The summed E-state index contributed by atoms with van der Waals surface area (Å²) in [4.78, 5) is 12.3. The van der Waals surface area contributed by atoms with Gasteiger partial charge in [0.05, 0.1) is 19.8 Å². The predicted octanol–water partition coefficient (Wildman–Crippen LogP) is 3.79. The fourth-order valence-electron chi connectivity index (χ4n) is 3.94. The molecule has 0 bridgehead atoms. The van der Waals surface area contributed by atoms with Gasteiger partial charge in [-0.1, -0.05) is 66.7 Å². The number of hydrogen-bond acceptors (Lipinski definition) is 6. The summed E-state index contributed by atoms with van der Waals surface area (Å²) in [5.41, 5.74) is 1.05. The highest BCUT2D eigenvalue weighted by Gasteiger charge is 2.57. The Morgan fingerprint density at radius 1 is 1.06 bits per heavy atom. The fraction of sp³-hybridized carbons (Fsp3) is 0.400. The van der Waals surface area contributed by atoms with Crippen LogP contribution in [0.15, 0.2) is 73.3 Å². The molecule has 6 heteroatoms. The van der Waals surface area contributed by atoms with Crippen molar-refractivity contribution >= 4 is 5.97 Å². The number of rotatable bonds is 8. The average Bonchev–Trinajstić information content (AvgIpc) is 2.80. The third-order valence-corrected chi connectivity index (χ3v) is 5.64. The molecule has 2 aromatic carbocycles. The number of esters is 1. The second kappa shape index (κ2) is 9.75. The Hall–Kier alpha value is -2.51. The van der Waals surface area contributed by atoms with Crippen LogP contribution in [0.25, 0.3) is 0 Å². The van der Waals surface area contributed by atoms with Crippen LogP contribution in [0.5, 0.6) is 0 Å². The number of benzene rings is 2. The van der Waals surface area contributed by atoms with Crippen molar-refractivity contribution < 1.29 is 28.5 Å². The molecule has 31 heavy (non-hydrogen) atoms. The summed E-state index contributed by atoms with van der Waals surface area (Å²) < 4.78 is 30.4. The number of ether oxygens (including phenoxy) is 5. The van der Waals surface area contributed by atoms with Gasteiger partial charge in [0.1, 0.15) is 11.7 Å². The molecule has 164 valence electrons. The summed E-state index contributed by atoms with van der Waals surface area (Å²) in [6.07, 6.45) is -0.492. The van der Waals surface area contributed by atoms with Crippen LogP contribution < -0.4 is 0 Å². The molecule has 4 rings (SSSR count). The van der Waals surface area contributed by atoms with Gasteiger partial charge in [0.15, 0.2) is 18.5 Å². The van der Waals surface area contributed by atoms with Gasteiger partial charge in [-0.2, -0.15) is 0 Å². The van der Waals surface area contributed by atoms with Crippen molar-refractivity contribution in [2.24, 2.45) is 0 Å². The molecule has 0 aliphatic carbocycles. The third-order valence-electron chi connectivity index (χ3n) is 5.64.